The number of nitriles is 1. The Kier molecular flexibility index (Phi) is 8.76. The fourth-order valence-electron chi connectivity index (χ4n) is 3.62. The summed E-state index contributed by atoms with van der Waals surface area (Å²) >= 11 is 2.29. The summed E-state index contributed by atoms with van der Waals surface area (Å²) in [5.41, 5.74) is 1.73. The lowest BCUT2D eigenvalue weighted by Gasteiger charge is -2.13. The number of carbonyl (C=O) groups is 3. The van der Waals surface area contributed by atoms with E-state index in [-0.39, 0.29) is 22.9 Å². The predicted octanol–water partition coefficient (Wildman–Crippen LogP) is 6.69. The first kappa shape index (κ1) is 27.6. The summed E-state index contributed by atoms with van der Waals surface area (Å²) in [6.45, 7) is 3.38. The highest BCUT2D eigenvalue weighted by atomic mass is 32.2. The molecule has 0 bridgehead atoms. The molecule has 0 fully saturated rings. The van der Waals surface area contributed by atoms with Crippen LogP contribution in [0.1, 0.15) is 38.1 Å². The number of thiophene rings is 1. The van der Waals surface area contributed by atoms with Crippen molar-refractivity contribution in [2.45, 2.75) is 24.0 Å². The molecule has 0 spiro atoms. The van der Waals surface area contributed by atoms with Crippen molar-refractivity contribution < 1.29 is 18.8 Å². The molecule has 3 aromatic carbocycles. The molecule has 39 heavy (non-hydrogen) atoms. The molecule has 0 aliphatic heterocycles. The van der Waals surface area contributed by atoms with Gasteiger partial charge in [0.2, 0.25) is 5.91 Å². The minimum atomic E-state index is -0.618. The second-order valence-corrected chi connectivity index (χ2v) is 10.8. The van der Waals surface area contributed by atoms with Crippen LogP contribution in [0.15, 0.2) is 83.8 Å². The van der Waals surface area contributed by atoms with E-state index >= 15 is 0 Å². The first-order chi connectivity index (χ1) is 18.8. The number of thioether (sulfide) groups is 1. The summed E-state index contributed by atoms with van der Waals surface area (Å²) in [7, 11) is 0. The van der Waals surface area contributed by atoms with Crippen LogP contribution in [0.3, 0.4) is 0 Å². The Morgan fingerprint density at radius 2 is 1.56 bits per heavy atom. The molecule has 3 amide bonds. The number of benzene rings is 3. The van der Waals surface area contributed by atoms with Gasteiger partial charge in [-0.2, -0.15) is 5.26 Å². The zero-order valence-electron chi connectivity index (χ0n) is 20.9. The van der Waals surface area contributed by atoms with Gasteiger partial charge >= 0.3 is 0 Å². The van der Waals surface area contributed by atoms with Gasteiger partial charge in [0.05, 0.1) is 21.3 Å². The topological polar surface area (TPSA) is 111 Å². The summed E-state index contributed by atoms with van der Waals surface area (Å²) in [6.07, 6.45) is 0. The van der Waals surface area contributed by atoms with Crippen LogP contribution in [0.25, 0.3) is 0 Å². The van der Waals surface area contributed by atoms with Crippen molar-refractivity contribution >= 4 is 57.2 Å². The van der Waals surface area contributed by atoms with Crippen LogP contribution in [0.5, 0.6) is 0 Å². The van der Waals surface area contributed by atoms with Gasteiger partial charge in [-0.05, 0) is 61.9 Å². The predicted molar refractivity (Wildman–Crippen MR) is 153 cm³/mol. The van der Waals surface area contributed by atoms with E-state index in [9.17, 15) is 24.0 Å². The van der Waals surface area contributed by atoms with Crippen LogP contribution in [-0.2, 0) is 4.79 Å². The van der Waals surface area contributed by atoms with Gasteiger partial charge in [-0.25, -0.2) is 4.39 Å². The quantitative estimate of drug-likeness (QED) is 0.209. The summed E-state index contributed by atoms with van der Waals surface area (Å²) in [5.74, 6) is -1.91. The molecule has 7 nitrogen and oxygen atoms in total. The van der Waals surface area contributed by atoms with E-state index in [0.717, 1.165) is 11.3 Å². The van der Waals surface area contributed by atoms with E-state index in [4.69, 9.17) is 0 Å². The lowest BCUT2D eigenvalue weighted by molar-refractivity contribution is -0.115. The molecular formula is C29H23FN4O3S2. The molecular weight excluding hydrogens is 535 g/mol. The first-order valence-electron chi connectivity index (χ1n) is 11.8. The molecule has 1 heterocycles. The van der Waals surface area contributed by atoms with Gasteiger partial charge in [0.15, 0.2) is 0 Å². The SMILES string of the molecule is Cc1c(C(=O)Nc2ccccc2)sc(NC(=O)C(C)Sc2cccc(NC(=O)c3ccccc3F)c2)c1C#N. The van der Waals surface area contributed by atoms with Crippen molar-refractivity contribution in [2.24, 2.45) is 0 Å². The number of anilines is 3. The average molecular weight is 559 g/mol. The normalized spacial score (nSPS) is 11.2. The van der Waals surface area contributed by atoms with Gasteiger partial charge < -0.3 is 16.0 Å². The Bertz CT molecular complexity index is 1580. The van der Waals surface area contributed by atoms with E-state index in [2.05, 4.69) is 22.0 Å². The van der Waals surface area contributed by atoms with Crippen LogP contribution >= 0.6 is 23.1 Å². The van der Waals surface area contributed by atoms with Crippen molar-refractivity contribution in [1.29, 1.82) is 5.26 Å². The number of nitrogens with zero attached hydrogens (tertiary/aromatic N) is 1. The third kappa shape index (κ3) is 6.71. The second kappa shape index (κ2) is 12.4. The summed E-state index contributed by atoms with van der Waals surface area (Å²) in [4.78, 5) is 39.3. The van der Waals surface area contributed by atoms with E-state index < -0.39 is 17.0 Å². The molecule has 0 aliphatic rings. The fourth-order valence-corrected chi connectivity index (χ4v) is 5.61. The number of carbonyl (C=O) groups excluding carboxylic acids is 3. The Balaban J connectivity index is 1.43. The molecule has 196 valence electrons. The molecule has 0 aliphatic carbocycles. The third-order valence-electron chi connectivity index (χ3n) is 5.63. The monoisotopic (exact) mass is 558 g/mol. The van der Waals surface area contributed by atoms with Crippen LogP contribution in [-0.4, -0.2) is 23.0 Å². The van der Waals surface area contributed by atoms with Crippen molar-refractivity contribution in [3.63, 3.8) is 0 Å². The van der Waals surface area contributed by atoms with Crippen LogP contribution in [0.4, 0.5) is 20.8 Å². The van der Waals surface area contributed by atoms with Gasteiger partial charge in [-0.1, -0.05) is 36.4 Å². The molecule has 0 radical (unpaired) electrons. The van der Waals surface area contributed by atoms with Gasteiger partial charge in [-0.15, -0.1) is 23.1 Å². The zero-order valence-corrected chi connectivity index (χ0v) is 22.6. The van der Waals surface area contributed by atoms with Crippen molar-refractivity contribution in [1.82, 2.24) is 0 Å². The average Bonchev–Trinajstić information content (AvgIpc) is 3.24. The zero-order chi connectivity index (χ0) is 27.9. The molecule has 1 atom stereocenters. The minimum Gasteiger partial charge on any atom is -0.322 e. The number of hydrogen-bond donors (Lipinski definition) is 3. The van der Waals surface area contributed by atoms with Gasteiger partial charge in [-0.3, -0.25) is 14.4 Å². The fraction of sp³-hybridized carbons (Fsp3) is 0.103. The van der Waals surface area contributed by atoms with Gasteiger partial charge in [0.25, 0.3) is 11.8 Å². The molecule has 4 aromatic rings. The largest absolute Gasteiger partial charge is 0.322 e. The summed E-state index contributed by atoms with van der Waals surface area (Å²) in [5, 5.41) is 17.7. The van der Waals surface area contributed by atoms with Crippen molar-refractivity contribution in [3.05, 3.63) is 106 Å². The number of para-hydroxylation sites is 1. The maximum Gasteiger partial charge on any atom is 0.266 e. The Morgan fingerprint density at radius 1 is 0.897 bits per heavy atom. The van der Waals surface area contributed by atoms with Crippen molar-refractivity contribution in [3.8, 4) is 6.07 Å². The van der Waals surface area contributed by atoms with Crippen LogP contribution < -0.4 is 16.0 Å². The molecule has 3 N–H and O–H groups in total. The molecule has 4 rings (SSSR count). The Labute approximate surface area is 233 Å². The summed E-state index contributed by atoms with van der Waals surface area (Å²) in [6, 6.07) is 23.6. The maximum absolute atomic E-state index is 13.9. The number of amides is 3. The Morgan fingerprint density at radius 3 is 2.28 bits per heavy atom. The molecule has 1 aromatic heterocycles. The molecule has 0 saturated carbocycles. The highest BCUT2D eigenvalue weighted by Crippen LogP contribution is 2.34. The smallest absolute Gasteiger partial charge is 0.266 e. The number of rotatable bonds is 8. The van der Waals surface area contributed by atoms with Crippen LogP contribution in [0, 0.1) is 24.1 Å². The first-order valence-corrected chi connectivity index (χ1v) is 13.5. The lowest BCUT2D eigenvalue weighted by atomic mass is 10.1. The van der Waals surface area contributed by atoms with E-state index in [0.29, 0.717) is 31.7 Å². The van der Waals surface area contributed by atoms with Crippen molar-refractivity contribution in [2.75, 3.05) is 16.0 Å². The Hall–Kier alpha value is -4.46. The van der Waals surface area contributed by atoms with Gasteiger partial charge in [0, 0.05) is 16.3 Å². The second-order valence-electron chi connectivity index (χ2n) is 8.40. The van der Waals surface area contributed by atoms with Crippen LogP contribution in [0.2, 0.25) is 0 Å². The minimum absolute atomic E-state index is 0.0698. The lowest BCUT2D eigenvalue weighted by Crippen LogP contribution is -2.22. The highest BCUT2D eigenvalue weighted by molar-refractivity contribution is 8.00. The summed E-state index contributed by atoms with van der Waals surface area (Å²) < 4.78 is 13.9. The molecule has 0 saturated heterocycles. The molecule has 1 unspecified atom stereocenters. The number of hydrogen-bond acceptors (Lipinski definition) is 6. The number of nitrogens with one attached hydrogen (secondary N) is 3. The highest BCUT2D eigenvalue weighted by Gasteiger charge is 2.24. The third-order valence-corrected chi connectivity index (χ3v) is 7.93. The van der Waals surface area contributed by atoms with E-state index in [1.807, 2.05) is 6.07 Å². The van der Waals surface area contributed by atoms with Gasteiger partial charge in [0.1, 0.15) is 16.9 Å². The number of halogens is 1. The molecule has 10 heteroatoms. The van der Waals surface area contributed by atoms with E-state index in [1.54, 1.807) is 68.4 Å². The maximum atomic E-state index is 13.9. The standard InChI is InChI=1S/C29H23FN4O3S2/c1-17-23(16-31)29(39-25(17)28(37)32-19-9-4-3-5-10-19)34-26(35)18(2)38-21-12-8-11-20(15-21)33-27(36)22-13-6-7-14-24(22)30/h3-15,18H,1-2H3,(H,32,37)(H,33,36)(H,34,35). The van der Waals surface area contributed by atoms with E-state index in [1.165, 1.54) is 30.0 Å².